The van der Waals surface area contributed by atoms with Gasteiger partial charge in [-0.1, -0.05) is 30.3 Å². The topological polar surface area (TPSA) is 67.1 Å². The Morgan fingerprint density at radius 2 is 2.00 bits per heavy atom. The summed E-state index contributed by atoms with van der Waals surface area (Å²) < 4.78 is 2.20. The first-order valence-electron chi connectivity index (χ1n) is 9.72. The van der Waals surface area contributed by atoms with E-state index in [1.54, 1.807) is 11.3 Å². The van der Waals surface area contributed by atoms with Crippen molar-refractivity contribution in [2.24, 2.45) is 4.99 Å². The van der Waals surface area contributed by atoms with E-state index >= 15 is 0 Å². The summed E-state index contributed by atoms with van der Waals surface area (Å²) >= 11 is 1.74. The van der Waals surface area contributed by atoms with Crippen LogP contribution in [-0.4, -0.2) is 40.1 Å². The van der Waals surface area contributed by atoms with Gasteiger partial charge in [0.1, 0.15) is 5.82 Å². The minimum atomic E-state index is 0.727. The molecule has 0 saturated carbocycles. The van der Waals surface area contributed by atoms with Gasteiger partial charge in [0.2, 0.25) is 0 Å². The van der Waals surface area contributed by atoms with Gasteiger partial charge in [-0.05, 0) is 19.4 Å². The van der Waals surface area contributed by atoms with Crippen LogP contribution in [-0.2, 0) is 19.4 Å². The van der Waals surface area contributed by atoms with Gasteiger partial charge < -0.3 is 15.2 Å². The molecule has 0 atom stereocenters. The third-order valence-corrected chi connectivity index (χ3v) is 5.22. The van der Waals surface area contributed by atoms with Gasteiger partial charge in [0.05, 0.1) is 5.01 Å². The summed E-state index contributed by atoms with van der Waals surface area (Å²) in [4.78, 5) is 14.8. The molecule has 0 radical (unpaired) electrons. The molecule has 0 spiro atoms. The zero-order chi connectivity index (χ0) is 19.6. The van der Waals surface area contributed by atoms with Crippen molar-refractivity contribution in [2.45, 2.75) is 33.2 Å². The molecule has 2 N–H and O–H groups in total. The highest BCUT2D eigenvalue weighted by Crippen LogP contribution is 2.11. The number of aryl methyl sites for hydroxylation is 1. The molecule has 0 aliphatic carbocycles. The predicted molar refractivity (Wildman–Crippen MR) is 116 cm³/mol. The summed E-state index contributed by atoms with van der Waals surface area (Å²) in [7, 11) is 0. The van der Waals surface area contributed by atoms with Crippen LogP contribution in [0.15, 0.2) is 53.9 Å². The Bertz CT molecular complexity index is 868. The van der Waals surface area contributed by atoms with E-state index in [0.29, 0.717) is 0 Å². The molecule has 148 valence electrons. The number of nitrogens with one attached hydrogen (secondary N) is 2. The second-order valence-electron chi connectivity index (χ2n) is 6.51. The fourth-order valence-electron chi connectivity index (χ4n) is 2.91. The molecular formula is C21H28N6S. The molecule has 0 fully saturated rings. The Morgan fingerprint density at radius 1 is 1.14 bits per heavy atom. The maximum absolute atomic E-state index is 4.66. The fraction of sp³-hybridized carbons (Fsp3) is 0.381. The zero-order valence-electron chi connectivity index (χ0n) is 16.6. The Balaban J connectivity index is 1.49. The molecule has 3 aromatic rings. The molecule has 28 heavy (non-hydrogen) atoms. The Kier molecular flexibility index (Phi) is 7.61. The van der Waals surface area contributed by atoms with Crippen LogP contribution in [0, 0.1) is 6.92 Å². The maximum Gasteiger partial charge on any atom is 0.191 e. The molecule has 2 heterocycles. The van der Waals surface area contributed by atoms with Crippen LogP contribution in [0.5, 0.6) is 0 Å². The second-order valence-corrected chi connectivity index (χ2v) is 7.83. The standard InChI is InChI=1S/C21H28N6S/c1-3-22-21(25-12-10-20-26-15-17(2)28-20)24-11-9-19-23-13-14-27(19)16-18-7-5-4-6-8-18/h4-8,13-15H,3,9-12,16H2,1-2H3,(H2,22,24,25). The lowest BCUT2D eigenvalue weighted by Gasteiger charge is -2.12. The van der Waals surface area contributed by atoms with Crippen molar-refractivity contribution in [3.05, 3.63) is 70.2 Å². The van der Waals surface area contributed by atoms with Crippen LogP contribution in [0.25, 0.3) is 0 Å². The van der Waals surface area contributed by atoms with Gasteiger partial charge in [-0.15, -0.1) is 11.3 Å². The van der Waals surface area contributed by atoms with E-state index in [2.05, 4.69) is 68.3 Å². The average Bonchev–Trinajstić information content (AvgIpc) is 3.31. The van der Waals surface area contributed by atoms with Gasteiger partial charge in [-0.3, -0.25) is 4.99 Å². The zero-order valence-corrected chi connectivity index (χ0v) is 17.4. The molecule has 7 heteroatoms. The van der Waals surface area contributed by atoms with E-state index in [0.717, 1.165) is 55.8 Å². The predicted octanol–water partition coefficient (Wildman–Crippen LogP) is 3.04. The normalized spacial score (nSPS) is 11.6. The van der Waals surface area contributed by atoms with Crippen LogP contribution in [0.4, 0.5) is 0 Å². The number of nitrogens with zero attached hydrogens (tertiary/aromatic N) is 4. The van der Waals surface area contributed by atoms with E-state index in [9.17, 15) is 0 Å². The number of guanidine groups is 1. The van der Waals surface area contributed by atoms with Crippen LogP contribution in [0.3, 0.4) is 0 Å². The van der Waals surface area contributed by atoms with Crippen LogP contribution in [0.2, 0.25) is 0 Å². The maximum atomic E-state index is 4.66. The fourth-order valence-corrected chi connectivity index (χ4v) is 3.68. The van der Waals surface area contributed by atoms with Gasteiger partial charge in [0.25, 0.3) is 0 Å². The van der Waals surface area contributed by atoms with Crippen molar-refractivity contribution in [2.75, 3.05) is 19.6 Å². The molecular weight excluding hydrogens is 368 g/mol. The first-order chi connectivity index (χ1) is 13.7. The van der Waals surface area contributed by atoms with E-state index < -0.39 is 0 Å². The number of hydrogen-bond donors (Lipinski definition) is 2. The molecule has 0 bridgehead atoms. The van der Waals surface area contributed by atoms with Crippen molar-refractivity contribution in [1.29, 1.82) is 0 Å². The summed E-state index contributed by atoms with van der Waals surface area (Å²) in [6.45, 7) is 7.35. The molecule has 3 rings (SSSR count). The second kappa shape index (κ2) is 10.6. The molecule has 0 saturated heterocycles. The van der Waals surface area contributed by atoms with Crippen molar-refractivity contribution in [3.8, 4) is 0 Å². The Labute approximate surface area is 170 Å². The van der Waals surface area contributed by atoms with Gasteiger partial charge in [0, 0.05) is 62.5 Å². The number of benzene rings is 1. The minimum Gasteiger partial charge on any atom is -0.357 e. The van der Waals surface area contributed by atoms with Crippen molar-refractivity contribution in [1.82, 2.24) is 25.2 Å². The summed E-state index contributed by atoms with van der Waals surface area (Å²) in [5.41, 5.74) is 1.28. The number of rotatable bonds is 9. The minimum absolute atomic E-state index is 0.727. The third kappa shape index (κ3) is 6.20. The van der Waals surface area contributed by atoms with Crippen molar-refractivity contribution >= 4 is 17.3 Å². The van der Waals surface area contributed by atoms with Crippen LogP contribution >= 0.6 is 11.3 Å². The molecule has 0 amide bonds. The largest absolute Gasteiger partial charge is 0.357 e. The molecule has 0 unspecified atom stereocenters. The number of aromatic nitrogens is 3. The van der Waals surface area contributed by atoms with E-state index in [1.165, 1.54) is 10.4 Å². The Hall–Kier alpha value is -2.67. The molecule has 1 aromatic carbocycles. The lowest BCUT2D eigenvalue weighted by molar-refractivity contribution is 0.694. The van der Waals surface area contributed by atoms with Gasteiger partial charge >= 0.3 is 0 Å². The Morgan fingerprint density at radius 3 is 2.75 bits per heavy atom. The van der Waals surface area contributed by atoms with E-state index in [4.69, 9.17) is 0 Å². The summed E-state index contributed by atoms with van der Waals surface area (Å²) in [6, 6.07) is 10.5. The number of imidazole rings is 1. The molecule has 6 nitrogen and oxygen atoms in total. The number of thiazole rings is 1. The van der Waals surface area contributed by atoms with E-state index in [-0.39, 0.29) is 0 Å². The number of hydrogen-bond acceptors (Lipinski definition) is 4. The quantitative estimate of drug-likeness (QED) is 0.431. The molecule has 2 aromatic heterocycles. The third-order valence-electron chi connectivity index (χ3n) is 4.25. The van der Waals surface area contributed by atoms with Crippen LogP contribution < -0.4 is 10.6 Å². The molecule has 0 aliphatic rings. The van der Waals surface area contributed by atoms with Crippen molar-refractivity contribution < 1.29 is 0 Å². The first-order valence-corrected chi connectivity index (χ1v) is 10.5. The summed E-state index contributed by atoms with van der Waals surface area (Å²) in [6.07, 6.45) is 7.54. The number of aliphatic imine (C=N–C) groups is 1. The van der Waals surface area contributed by atoms with E-state index in [1.807, 2.05) is 24.7 Å². The molecule has 0 aliphatic heterocycles. The lowest BCUT2D eigenvalue weighted by Crippen LogP contribution is -2.38. The van der Waals surface area contributed by atoms with Crippen molar-refractivity contribution in [3.63, 3.8) is 0 Å². The van der Waals surface area contributed by atoms with Gasteiger partial charge in [0.15, 0.2) is 5.96 Å². The summed E-state index contributed by atoms with van der Waals surface area (Å²) in [5.74, 6) is 1.92. The monoisotopic (exact) mass is 396 g/mol. The highest BCUT2D eigenvalue weighted by molar-refractivity contribution is 7.11. The van der Waals surface area contributed by atoms with Crippen LogP contribution in [0.1, 0.15) is 28.2 Å². The SMILES string of the molecule is CCNC(=NCCc1ncc(C)s1)NCCc1nccn1Cc1ccccc1. The summed E-state index contributed by atoms with van der Waals surface area (Å²) in [5, 5.41) is 7.85. The average molecular weight is 397 g/mol. The highest BCUT2D eigenvalue weighted by Gasteiger charge is 2.05. The highest BCUT2D eigenvalue weighted by atomic mass is 32.1. The lowest BCUT2D eigenvalue weighted by atomic mass is 10.2. The van der Waals surface area contributed by atoms with Gasteiger partial charge in [-0.2, -0.15) is 0 Å². The van der Waals surface area contributed by atoms with Gasteiger partial charge in [-0.25, -0.2) is 9.97 Å². The first kappa shape index (κ1) is 20.1. The smallest absolute Gasteiger partial charge is 0.191 e.